The number of hydrogen-bond acceptors (Lipinski definition) is 2. The SMILES string of the molecule is CCCC(=O)NCCc1ccc(I)s1. The normalized spacial score (nSPS) is 10.1. The van der Waals surface area contributed by atoms with Gasteiger partial charge in [0.05, 0.1) is 2.88 Å². The fourth-order valence-electron chi connectivity index (χ4n) is 1.13. The summed E-state index contributed by atoms with van der Waals surface area (Å²) in [5, 5.41) is 2.91. The third-order valence-electron chi connectivity index (χ3n) is 1.80. The van der Waals surface area contributed by atoms with Crippen molar-refractivity contribution in [1.82, 2.24) is 5.32 Å². The lowest BCUT2D eigenvalue weighted by Crippen LogP contribution is -2.24. The summed E-state index contributed by atoms with van der Waals surface area (Å²) in [7, 11) is 0. The molecule has 0 atom stereocenters. The maximum absolute atomic E-state index is 11.1. The Balaban J connectivity index is 2.18. The van der Waals surface area contributed by atoms with Gasteiger partial charge < -0.3 is 5.32 Å². The molecule has 1 aromatic heterocycles. The summed E-state index contributed by atoms with van der Waals surface area (Å²) in [6.45, 7) is 2.77. The second-order valence-corrected chi connectivity index (χ2v) is 6.12. The lowest BCUT2D eigenvalue weighted by atomic mass is 10.3. The highest BCUT2D eigenvalue weighted by atomic mass is 127. The van der Waals surface area contributed by atoms with Gasteiger partial charge in [-0.15, -0.1) is 11.3 Å². The first-order chi connectivity index (χ1) is 6.72. The zero-order valence-electron chi connectivity index (χ0n) is 8.18. The third kappa shape index (κ3) is 4.41. The summed E-state index contributed by atoms with van der Waals surface area (Å²) in [6, 6.07) is 4.23. The standard InChI is InChI=1S/C10H14INOS/c1-2-3-10(13)12-7-6-8-4-5-9(11)14-8/h4-5H,2-3,6-7H2,1H3,(H,12,13). The van der Waals surface area contributed by atoms with Gasteiger partial charge in [-0.2, -0.15) is 0 Å². The van der Waals surface area contributed by atoms with Crippen LogP contribution in [0.3, 0.4) is 0 Å². The molecule has 4 heteroatoms. The van der Waals surface area contributed by atoms with Crippen molar-refractivity contribution in [3.63, 3.8) is 0 Å². The topological polar surface area (TPSA) is 29.1 Å². The molecular formula is C10H14INOS. The molecule has 1 N–H and O–H groups in total. The summed E-state index contributed by atoms with van der Waals surface area (Å²) < 4.78 is 1.30. The highest BCUT2D eigenvalue weighted by Crippen LogP contribution is 2.18. The monoisotopic (exact) mass is 323 g/mol. The number of rotatable bonds is 5. The van der Waals surface area contributed by atoms with E-state index >= 15 is 0 Å². The van der Waals surface area contributed by atoms with Crippen LogP contribution in [0.15, 0.2) is 12.1 Å². The van der Waals surface area contributed by atoms with Crippen molar-refractivity contribution in [2.75, 3.05) is 6.54 Å². The molecular weight excluding hydrogens is 309 g/mol. The van der Waals surface area contributed by atoms with Gasteiger partial charge in [0, 0.05) is 17.8 Å². The van der Waals surface area contributed by atoms with Crippen LogP contribution in [-0.4, -0.2) is 12.5 Å². The van der Waals surface area contributed by atoms with Crippen LogP contribution in [0.2, 0.25) is 0 Å². The van der Waals surface area contributed by atoms with Crippen LogP contribution in [0.4, 0.5) is 0 Å². The molecule has 0 fully saturated rings. The number of hydrogen-bond donors (Lipinski definition) is 1. The molecule has 0 saturated heterocycles. The first-order valence-electron chi connectivity index (χ1n) is 4.73. The summed E-state index contributed by atoms with van der Waals surface area (Å²) >= 11 is 4.10. The van der Waals surface area contributed by atoms with Crippen molar-refractivity contribution in [2.45, 2.75) is 26.2 Å². The molecule has 0 aliphatic heterocycles. The molecule has 0 unspecified atom stereocenters. The molecule has 78 valence electrons. The van der Waals surface area contributed by atoms with Crippen molar-refractivity contribution in [3.05, 3.63) is 19.9 Å². The molecule has 0 bridgehead atoms. The Morgan fingerprint density at radius 2 is 2.36 bits per heavy atom. The van der Waals surface area contributed by atoms with E-state index < -0.39 is 0 Å². The molecule has 1 amide bonds. The second kappa shape index (κ2) is 6.40. The largest absolute Gasteiger partial charge is 0.356 e. The van der Waals surface area contributed by atoms with Crippen LogP contribution in [0, 0.1) is 2.88 Å². The number of carbonyl (C=O) groups is 1. The average molecular weight is 323 g/mol. The first-order valence-corrected chi connectivity index (χ1v) is 6.63. The minimum atomic E-state index is 0.166. The van der Waals surface area contributed by atoms with Gasteiger partial charge >= 0.3 is 0 Å². The zero-order valence-corrected chi connectivity index (χ0v) is 11.2. The van der Waals surface area contributed by atoms with Crippen LogP contribution in [0.1, 0.15) is 24.6 Å². The van der Waals surface area contributed by atoms with Gasteiger partial charge in [0.2, 0.25) is 5.91 Å². The van der Waals surface area contributed by atoms with E-state index in [1.807, 2.05) is 6.92 Å². The number of amides is 1. The molecule has 14 heavy (non-hydrogen) atoms. The molecule has 0 radical (unpaired) electrons. The highest BCUT2D eigenvalue weighted by molar-refractivity contribution is 14.1. The molecule has 0 saturated carbocycles. The number of thiophene rings is 1. The number of carbonyl (C=O) groups excluding carboxylic acids is 1. The van der Waals surface area contributed by atoms with E-state index in [9.17, 15) is 4.79 Å². The van der Waals surface area contributed by atoms with E-state index in [1.165, 1.54) is 7.76 Å². The predicted octanol–water partition coefficient (Wildman–Crippen LogP) is 2.81. The van der Waals surface area contributed by atoms with Crippen molar-refractivity contribution in [1.29, 1.82) is 0 Å². The summed E-state index contributed by atoms with van der Waals surface area (Å²) in [5.41, 5.74) is 0. The molecule has 1 rings (SSSR count). The van der Waals surface area contributed by atoms with Crippen LogP contribution in [0.5, 0.6) is 0 Å². The van der Waals surface area contributed by atoms with E-state index in [2.05, 4.69) is 40.0 Å². The van der Waals surface area contributed by atoms with Gasteiger partial charge in [-0.3, -0.25) is 4.79 Å². The molecule has 0 aliphatic rings. The zero-order chi connectivity index (χ0) is 10.4. The lowest BCUT2D eigenvalue weighted by Gasteiger charge is -2.01. The van der Waals surface area contributed by atoms with Crippen LogP contribution < -0.4 is 5.32 Å². The Kier molecular flexibility index (Phi) is 5.47. The van der Waals surface area contributed by atoms with E-state index in [-0.39, 0.29) is 5.91 Å². The molecule has 0 spiro atoms. The third-order valence-corrected chi connectivity index (χ3v) is 3.75. The Morgan fingerprint density at radius 1 is 1.57 bits per heavy atom. The van der Waals surface area contributed by atoms with Crippen LogP contribution >= 0.6 is 33.9 Å². The van der Waals surface area contributed by atoms with Crippen LogP contribution in [-0.2, 0) is 11.2 Å². The van der Waals surface area contributed by atoms with E-state index in [0.717, 1.165) is 19.4 Å². The summed E-state index contributed by atoms with van der Waals surface area (Å²) in [4.78, 5) is 12.5. The minimum absolute atomic E-state index is 0.166. The quantitative estimate of drug-likeness (QED) is 0.830. The van der Waals surface area contributed by atoms with Gasteiger partial charge in [-0.25, -0.2) is 0 Å². The van der Waals surface area contributed by atoms with Gasteiger partial charge in [0.15, 0.2) is 0 Å². The predicted molar refractivity (Wildman–Crippen MR) is 68.7 cm³/mol. The smallest absolute Gasteiger partial charge is 0.219 e. The van der Waals surface area contributed by atoms with E-state index in [1.54, 1.807) is 11.3 Å². The van der Waals surface area contributed by atoms with Gasteiger partial charge in [-0.05, 0) is 47.6 Å². The first kappa shape index (κ1) is 12.0. The fraction of sp³-hybridized carbons (Fsp3) is 0.500. The Hall–Kier alpha value is -0.100. The Labute approximate surface area is 102 Å². The maximum Gasteiger partial charge on any atom is 0.219 e. The van der Waals surface area contributed by atoms with Gasteiger partial charge in [0.25, 0.3) is 0 Å². The minimum Gasteiger partial charge on any atom is -0.356 e. The molecule has 0 aliphatic carbocycles. The van der Waals surface area contributed by atoms with Crippen molar-refractivity contribution in [2.24, 2.45) is 0 Å². The van der Waals surface area contributed by atoms with E-state index in [4.69, 9.17) is 0 Å². The number of nitrogens with one attached hydrogen (secondary N) is 1. The summed E-state index contributed by atoms with van der Waals surface area (Å²) in [5.74, 6) is 0.166. The number of halogens is 1. The van der Waals surface area contributed by atoms with Gasteiger partial charge in [-0.1, -0.05) is 6.92 Å². The van der Waals surface area contributed by atoms with Crippen molar-refractivity contribution in [3.8, 4) is 0 Å². The lowest BCUT2D eigenvalue weighted by molar-refractivity contribution is -0.121. The Morgan fingerprint density at radius 3 is 2.93 bits per heavy atom. The van der Waals surface area contributed by atoms with Crippen molar-refractivity contribution >= 4 is 39.8 Å². The molecule has 1 heterocycles. The van der Waals surface area contributed by atoms with E-state index in [0.29, 0.717) is 6.42 Å². The Bertz CT molecular complexity index is 298. The fourth-order valence-corrected chi connectivity index (χ4v) is 2.88. The van der Waals surface area contributed by atoms with Crippen molar-refractivity contribution < 1.29 is 4.79 Å². The average Bonchev–Trinajstić information content (AvgIpc) is 2.52. The maximum atomic E-state index is 11.1. The second-order valence-electron chi connectivity index (χ2n) is 3.06. The van der Waals surface area contributed by atoms with Gasteiger partial charge in [0.1, 0.15) is 0 Å². The van der Waals surface area contributed by atoms with Crippen LogP contribution in [0.25, 0.3) is 0 Å². The molecule has 1 aromatic rings. The summed E-state index contributed by atoms with van der Waals surface area (Å²) in [6.07, 6.45) is 2.51. The molecule has 2 nitrogen and oxygen atoms in total. The highest BCUT2D eigenvalue weighted by Gasteiger charge is 2.00. The molecule has 0 aromatic carbocycles.